The van der Waals surface area contributed by atoms with Gasteiger partial charge in [0.25, 0.3) is 0 Å². The maximum absolute atomic E-state index is 12.1. The Kier molecular flexibility index (Phi) is 4.69. The zero-order chi connectivity index (χ0) is 17.1. The predicted molar refractivity (Wildman–Crippen MR) is 95.8 cm³/mol. The van der Waals surface area contributed by atoms with Crippen LogP contribution in [0.3, 0.4) is 0 Å². The lowest BCUT2D eigenvalue weighted by Gasteiger charge is -2.06. The van der Waals surface area contributed by atoms with Crippen LogP contribution in [0.25, 0.3) is 10.9 Å². The van der Waals surface area contributed by atoms with E-state index in [-0.39, 0.29) is 5.91 Å². The molecule has 5 nitrogen and oxygen atoms in total. The van der Waals surface area contributed by atoms with Crippen molar-refractivity contribution in [1.29, 1.82) is 0 Å². The number of aromatic amines is 1. The molecule has 5 heteroatoms. The van der Waals surface area contributed by atoms with Gasteiger partial charge in [0.05, 0.1) is 5.69 Å². The number of fused-ring (bicyclic) bond motifs is 1. The molecule has 2 heterocycles. The SMILES string of the molecule is Cc1nn(C)c(C)c1CNC(=O)CCCc1c[nH]c2ccccc12. The number of carbonyl (C=O) groups excluding carboxylic acids is 1. The zero-order valence-electron chi connectivity index (χ0n) is 14.5. The quantitative estimate of drug-likeness (QED) is 0.731. The molecule has 0 radical (unpaired) electrons. The Morgan fingerprint density at radius 1 is 1.29 bits per heavy atom. The van der Waals surface area contributed by atoms with Gasteiger partial charge in [0.2, 0.25) is 5.91 Å². The summed E-state index contributed by atoms with van der Waals surface area (Å²) in [5.74, 6) is 0.0949. The Morgan fingerprint density at radius 2 is 2.08 bits per heavy atom. The van der Waals surface area contributed by atoms with Crippen molar-refractivity contribution >= 4 is 16.8 Å². The molecule has 0 atom stereocenters. The summed E-state index contributed by atoms with van der Waals surface area (Å²) in [5.41, 5.74) is 5.62. The fraction of sp³-hybridized carbons (Fsp3) is 0.368. The molecule has 3 aromatic rings. The fourth-order valence-corrected chi connectivity index (χ4v) is 3.13. The molecule has 0 bridgehead atoms. The van der Waals surface area contributed by atoms with E-state index in [4.69, 9.17) is 0 Å². The third-order valence-corrected chi connectivity index (χ3v) is 4.65. The summed E-state index contributed by atoms with van der Waals surface area (Å²) in [6, 6.07) is 8.27. The Morgan fingerprint density at radius 3 is 2.83 bits per heavy atom. The third kappa shape index (κ3) is 3.35. The molecular formula is C19H24N4O. The Hall–Kier alpha value is -2.56. The van der Waals surface area contributed by atoms with E-state index < -0.39 is 0 Å². The van der Waals surface area contributed by atoms with E-state index in [9.17, 15) is 4.79 Å². The van der Waals surface area contributed by atoms with Crippen LogP contribution in [-0.4, -0.2) is 20.7 Å². The molecular weight excluding hydrogens is 300 g/mol. The van der Waals surface area contributed by atoms with Gasteiger partial charge in [-0.2, -0.15) is 5.10 Å². The minimum atomic E-state index is 0.0949. The van der Waals surface area contributed by atoms with Crippen LogP contribution in [0.5, 0.6) is 0 Å². The van der Waals surface area contributed by atoms with Gasteiger partial charge in [-0.1, -0.05) is 18.2 Å². The molecule has 3 rings (SSSR count). The number of amides is 1. The number of aromatic nitrogens is 3. The summed E-state index contributed by atoms with van der Waals surface area (Å²) in [6.07, 6.45) is 4.34. The van der Waals surface area contributed by atoms with Crippen molar-refractivity contribution in [3.05, 3.63) is 53.0 Å². The molecule has 126 valence electrons. The third-order valence-electron chi connectivity index (χ3n) is 4.65. The van der Waals surface area contributed by atoms with Gasteiger partial charge in [-0.25, -0.2) is 0 Å². The topological polar surface area (TPSA) is 62.7 Å². The number of nitrogens with zero attached hydrogens (tertiary/aromatic N) is 2. The lowest BCUT2D eigenvalue weighted by atomic mass is 10.1. The van der Waals surface area contributed by atoms with E-state index in [1.54, 1.807) is 0 Å². The van der Waals surface area contributed by atoms with Gasteiger partial charge < -0.3 is 10.3 Å². The van der Waals surface area contributed by atoms with Gasteiger partial charge in [0, 0.05) is 48.4 Å². The maximum Gasteiger partial charge on any atom is 0.220 e. The van der Waals surface area contributed by atoms with Gasteiger partial charge in [-0.3, -0.25) is 9.48 Å². The zero-order valence-corrected chi connectivity index (χ0v) is 14.5. The summed E-state index contributed by atoms with van der Waals surface area (Å²) in [6.45, 7) is 4.56. The lowest BCUT2D eigenvalue weighted by molar-refractivity contribution is -0.121. The molecule has 0 aliphatic rings. The summed E-state index contributed by atoms with van der Waals surface area (Å²) < 4.78 is 1.85. The molecule has 0 fully saturated rings. The second-order valence-electron chi connectivity index (χ2n) is 6.26. The highest BCUT2D eigenvalue weighted by Gasteiger charge is 2.11. The highest BCUT2D eigenvalue weighted by atomic mass is 16.1. The first-order chi connectivity index (χ1) is 11.6. The average Bonchev–Trinajstić information content (AvgIpc) is 3.08. The summed E-state index contributed by atoms with van der Waals surface area (Å²) in [5, 5.41) is 8.64. The van der Waals surface area contributed by atoms with Crippen molar-refractivity contribution in [2.75, 3.05) is 0 Å². The van der Waals surface area contributed by atoms with E-state index >= 15 is 0 Å². The fourth-order valence-electron chi connectivity index (χ4n) is 3.13. The number of carbonyl (C=O) groups is 1. The standard InChI is InChI=1S/C19H24N4O/c1-13-17(14(2)23(3)22-13)12-21-19(24)10-6-7-15-11-20-18-9-5-4-8-16(15)18/h4-5,8-9,11,20H,6-7,10,12H2,1-3H3,(H,21,24). The molecule has 24 heavy (non-hydrogen) atoms. The van der Waals surface area contributed by atoms with E-state index in [0.29, 0.717) is 13.0 Å². The summed E-state index contributed by atoms with van der Waals surface area (Å²) >= 11 is 0. The van der Waals surface area contributed by atoms with E-state index in [1.807, 2.05) is 43.9 Å². The maximum atomic E-state index is 12.1. The van der Waals surface area contributed by atoms with Crippen molar-refractivity contribution in [3.8, 4) is 0 Å². The number of nitrogens with one attached hydrogen (secondary N) is 2. The van der Waals surface area contributed by atoms with E-state index in [0.717, 1.165) is 35.3 Å². The van der Waals surface area contributed by atoms with Crippen LogP contribution in [0.1, 0.15) is 35.4 Å². The average molecular weight is 324 g/mol. The minimum absolute atomic E-state index is 0.0949. The smallest absolute Gasteiger partial charge is 0.220 e. The van der Waals surface area contributed by atoms with Crippen LogP contribution >= 0.6 is 0 Å². The predicted octanol–water partition coefficient (Wildman–Crippen LogP) is 3.16. The van der Waals surface area contributed by atoms with Gasteiger partial charge in [0.1, 0.15) is 0 Å². The van der Waals surface area contributed by atoms with Gasteiger partial charge in [0.15, 0.2) is 0 Å². The van der Waals surface area contributed by atoms with Crippen LogP contribution in [0.15, 0.2) is 30.5 Å². The first-order valence-electron chi connectivity index (χ1n) is 8.37. The number of aryl methyl sites for hydroxylation is 3. The highest BCUT2D eigenvalue weighted by molar-refractivity contribution is 5.83. The molecule has 0 spiro atoms. The number of H-pyrrole nitrogens is 1. The monoisotopic (exact) mass is 324 g/mol. The van der Waals surface area contributed by atoms with Crippen molar-refractivity contribution < 1.29 is 4.79 Å². The highest BCUT2D eigenvalue weighted by Crippen LogP contribution is 2.19. The Labute approximate surface area is 142 Å². The van der Waals surface area contributed by atoms with Crippen LogP contribution in [-0.2, 0) is 24.8 Å². The van der Waals surface area contributed by atoms with Crippen molar-refractivity contribution in [3.63, 3.8) is 0 Å². The number of benzene rings is 1. The number of rotatable bonds is 6. The first-order valence-corrected chi connectivity index (χ1v) is 8.37. The Bertz CT molecular complexity index is 860. The molecule has 0 saturated carbocycles. The molecule has 2 N–H and O–H groups in total. The molecule has 1 amide bonds. The second-order valence-corrected chi connectivity index (χ2v) is 6.26. The van der Waals surface area contributed by atoms with Crippen LogP contribution in [0.2, 0.25) is 0 Å². The molecule has 0 aliphatic carbocycles. The summed E-state index contributed by atoms with van der Waals surface area (Å²) in [4.78, 5) is 15.4. The normalized spacial score (nSPS) is 11.1. The molecule has 1 aromatic carbocycles. The van der Waals surface area contributed by atoms with Crippen LogP contribution in [0, 0.1) is 13.8 Å². The number of hydrogen-bond acceptors (Lipinski definition) is 2. The van der Waals surface area contributed by atoms with Crippen LogP contribution < -0.4 is 5.32 Å². The van der Waals surface area contributed by atoms with Crippen molar-refractivity contribution in [2.45, 2.75) is 39.7 Å². The number of hydrogen-bond donors (Lipinski definition) is 2. The van der Waals surface area contributed by atoms with Gasteiger partial charge in [-0.05, 0) is 38.3 Å². The molecule has 0 saturated heterocycles. The van der Waals surface area contributed by atoms with E-state index in [1.165, 1.54) is 10.9 Å². The first kappa shape index (κ1) is 16.3. The van der Waals surface area contributed by atoms with E-state index in [2.05, 4.69) is 27.5 Å². The second kappa shape index (κ2) is 6.91. The summed E-state index contributed by atoms with van der Waals surface area (Å²) in [7, 11) is 1.93. The van der Waals surface area contributed by atoms with Gasteiger partial charge >= 0.3 is 0 Å². The molecule has 0 unspecified atom stereocenters. The Balaban J connectivity index is 1.49. The van der Waals surface area contributed by atoms with Gasteiger partial charge in [-0.15, -0.1) is 0 Å². The molecule has 0 aliphatic heterocycles. The van der Waals surface area contributed by atoms with Crippen molar-refractivity contribution in [2.24, 2.45) is 7.05 Å². The largest absolute Gasteiger partial charge is 0.361 e. The molecule has 2 aromatic heterocycles. The van der Waals surface area contributed by atoms with Crippen molar-refractivity contribution in [1.82, 2.24) is 20.1 Å². The van der Waals surface area contributed by atoms with Crippen LogP contribution in [0.4, 0.5) is 0 Å². The minimum Gasteiger partial charge on any atom is -0.361 e. The lowest BCUT2D eigenvalue weighted by Crippen LogP contribution is -2.23. The number of para-hydroxylation sites is 1.